The summed E-state index contributed by atoms with van der Waals surface area (Å²) in [6, 6.07) is 6.23. The zero-order chi connectivity index (χ0) is 18.7. The van der Waals surface area contributed by atoms with Crippen LogP contribution in [0.4, 0.5) is 10.8 Å². The number of carbonyl (C=O) groups is 1. The van der Waals surface area contributed by atoms with Crippen LogP contribution in [0.15, 0.2) is 22.5 Å². The van der Waals surface area contributed by atoms with Crippen molar-refractivity contribution in [2.75, 3.05) is 24.2 Å². The van der Waals surface area contributed by atoms with Gasteiger partial charge in [-0.25, -0.2) is 0 Å². The van der Waals surface area contributed by atoms with Crippen molar-refractivity contribution >= 4 is 39.8 Å². The quantitative estimate of drug-likeness (QED) is 0.762. The van der Waals surface area contributed by atoms with Crippen LogP contribution in [0.25, 0.3) is 0 Å². The predicted molar refractivity (Wildman–Crippen MR) is 109 cm³/mol. The molecule has 2 heterocycles. The molecule has 0 unspecified atom stereocenters. The van der Waals surface area contributed by atoms with Crippen molar-refractivity contribution in [3.63, 3.8) is 0 Å². The average molecular weight is 391 g/mol. The van der Waals surface area contributed by atoms with Gasteiger partial charge in [0, 0.05) is 18.8 Å². The van der Waals surface area contributed by atoms with E-state index in [1.54, 1.807) is 0 Å². The van der Waals surface area contributed by atoms with E-state index in [4.69, 9.17) is 0 Å². The van der Waals surface area contributed by atoms with Crippen LogP contribution in [0.1, 0.15) is 31.4 Å². The molecule has 5 nitrogen and oxygen atoms in total. The van der Waals surface area contributed by atoms with Crippen molar-refractivity contribution in [3.05, 3.63) is 29.3 Å². The molecule has 140 valence electrons. The number of piperidine rings is 1. The van der Waals surface area contributed by atoms with Crippen LogP contribution in [-0.2, 0) is 4.79 Å². The third kappa shape index (κ3) is 4.98. The van der Waals surface area contributed by atoms with Gasteiger partial charge in [-0.2, -0.15) is 0 Å². The molecule has 1 aromatic heterocycles. The number of carbonyl (C=O) groups excluding carboxylic acids is 1. The number of hydrogen-bond acceptors (Lipinski definition) is 6. The van der Waals surface area contributed by atoms with Gasteiger partial charge in [0.2, 0.25) is 11.0 Å². The van der Waals surface area contributed by atoms with Crippen LogP contribution in [0.2, 0.25) is 0 Å². The Labute approximate surface area is 163 Å². The maximum absolute atomic E-state index is 12.5. The fourth-order valence-corrected chi connectivity index (χ4v) is 5.02. The normalized spacial score (nSPS) is 20.2. The van der Waals surface area contributed by atoms with E-state index >= 15 is 0 Å². The van der Waals surface area contributed by atoms with Gasteiger partial charge < -0.3 is 10.2 Å². The molecule has 2 atom stereocenters. The van der Waals surface area contributed by atoms with Gasteiger partial charge in [0.25, 0.3) is 0 Å². The second kappa shape index (κ2) is 8.39. The summed E-state index contributed by atoms with van der Waals surface area (Å²) in [5.41, 5.74) is 3.52. The molecule has 7 heteroatoms. The summed E-state index contributed by atoms with van der Waals surface area (Å²) in [6.45, 7) is 10.4. The van der Waals surface area contributed by atoms with E-state index in [1.807, 2.05) is 11.0 Å². The van der Waals surface area contributed by atoms with E-state index in [9.17, 15) is 4.79 Å². The number of anilines is 2. The van der Waals surface area contributed by atoms with Gasteiger partial charge >= 0.3 is 0 Å². The molecule has 26 heavy (non-hydrogen) atoms. The van der Waals surface area contributed by atoms with Crippen LogP contribution in [0.3, 0.4) is 0 Å². The minimum Gasteiger partial charge on any atom is -0.341 e. The van der Waals surface area contributed by atoms with Crippen LogP contribution in [0, 0.1) is 25.7 Å². The number of rotatable bonds is 5. The van der Waals surface area contributed by atoms with Crippen molar-refractivity contribution in [3.8, 4) is 0 Å². The smallest absolute Gasteiger partial charge is 0.233 e. The third-order valence-electron chi connectivity index (χ3n) is 4.71. The number of hydrogen-bond donors (Lipinski definition) is 1. The van der Waals surface area contributed by atoms with Crippen molar-refractivity contribution in [1.29, 1.82) is 0 Å². The molecular formula is C19H26N4OS2. The molecule has 1 N–H and O–H groups in total. The number of aromatic nitrogens is 2. The first kappa shape index (κ1) is 19.2. The van der Waals surface area contributed by atoms with Gasteiger partial charge in [0.15, 0.2) is 4.34 Å². The van der Waals surface area contributed by atoms with E-state index in [1.165, 1.54) is 40.6 Å². The van der Waals surface area contributed by atoms with Gasteiger partial charge in [0.05, 0.1) is 5.75 Å². The molecule has 1 aliphatic heterocycles. The Morgan fingerprint density at radius 2 is 1.96 bits per heavy atom. The zero-order valence-electron chi connectivity index (χ0n) is 15.8. The Bertz CT molecular complexity index is 767. The second-order valence-corrected chi connectivity index (χ2v) is 9.53. The summed E-state index contributed by atoms with van der Waals surface area (Å²) < 4.78 is 0.822. The first-order valence-corrected chi connectivity index (χ1v) is 10.8. The van der Waals surface area contributed by atoms with E-state index in [0.29, 0.717) is 17.6 Å². The van der Waals surface area contributed by atoms with E-state index in [0.717, 1.165) is 28.2 Å². The number of aryl methyl sites for hydroxylation is 2. The lowest BCUT2D eigenvalue weighted by molar-refractivity contribution is -0.130. The number of benzene rings is 1. The van der Waals surface area contributed by atoms with Crippen LogP contribution < -0.4 is 5.32 Å². The number of nitrogens with zero attached hydrogens (tertiary/aromatic N) is 3. The number of likely N-dealkylation sites (tertiary alicyclic amines) is 1. The van der Waals surface area contributed by atoms with Crippen LogP contribution >= 0.6 is 23.1 Å². The number of amides is 1. The average Bonchev–Trinajstić information content (AvgIpc) is 3.02. The molecule has 1 saturated heterocycles. The molecular weight excluding hydrogens is 364 g/mol. The summed E-state index contributed by atoms with van der Waals surface area (Å²) >= 11 is 2.96. The fraction of sp³-hybridized carbons (Fsp3) is 0.526. The summed E-state index contributed by atoms with van der Waals surface area (Å²) in [7, 11) is 0. The SMILES string of the molecule is Cc1ccc(Nc2nnc(SCC(=O)N3C[C@H](C)C[C@H](C)C3)s2)cc1C. The topological polar surface area (TPSA) is 58.1 Å². The Balaban J connectivity index is 1.53. The molecule has 2 aromatic rings. The van der Waals surface area contributed by atoms with Gasteiger partial charge in [-0.15, -0.1) is 10.2 Å². The Morgan fingerprint density at radius 3 is 2.65 bits per heavy atom. The predicted octanol–water partition coefficient (Wildman–Crippen LogP) is 4.50. The number of thioether (sulfide) groups is 1. The minimum absolute atomic E-state index is 0.201. The maximum Gasteiger partial charge on any atom is 0.233 e. The lowest BCUT2D eigenvalue weighted by Gasteiger charge is -2.34. The third-order valence-corrected chi connectivity index (χ3v) is 6.66. The van der Waals surface area contributed by atoms with Gasteiger partial charge in [-0.05, 0) is 55.4 Å². The summed E-state index contributed by atoms with van der Waals surface area (Å²) in [5.74, 6) is 1.80. The highest BCUT2D eigenvalue weighted by molar-refractivity contribution is 8.01. The Hall–Kier alpha value is -1.60. The molecule has 1 aromatic carbocycles. The Morgan fingerprint density at radius 1 is 1.23 bits per heavy atom. The Kier molecular flexibility index (Phi) is 6.19. The summed E-state index contributed by atoms with van der Waals surface area (Å²) in [6.07, 6.45) is 1.21. The fourth-order valence-electron chi connectivity index (χ4n) is 3.34. The van der Waals surface area contributed by atoms with Crippen LogP contribution in [0.5, 0.6) is 0 Å². The largest absolute Gasteiger partial charge is 0.341 e. The van der Waals surface area contributed by atoms with Gasteiger partial charge in [-0.1, -0.05) is 43.0 Å². The standard InChI is InChI=1S/C19H26N4OS2/c1-12-7-13(2)10-23(9-12)17(24)11-25-19-22-21-18(26-19)20-16-6-5-14(3)15(4)8-16/h5-6,8,12-13H,7,9-11H2,1-4H3,(H,20,21)/t12-,13+. The molecule has 0 spiro atoms. The van der Waals surface area contributed by atoms with Gasteiger partial charge in [-0.3, -0.25) is 4.79 Å². The molecule has 0 radical (unpaired) electrons. The highest BCUT2D eigenvalue weighted by Crippen LogP contribution is 2.29. The molecule has 0 bridgehead atoms. The molecule has 1 aliphatic rings. The molecule has 1 fully saturated rings. The molecule has 0 aliphatic carbocycles. The van der Waals surface area contributed by atoms with E-state index in [2.05, 4.69) is 55.3 Å². The second-order valence-electron chi connectivity index (χ2n) is 7.33. The lowest BCUT2D eigenvalue weighted by atomic mass is 9.92. The lowest BCUT2D eigenvalue weighted by Crippen LogP contribution is -2.43. The zero-order valence-corrected chi connectivity index (χ0v) is 17.4. The first-order valence-electron chi connectivity index (χ1n) is 8.99. The monoisotopic (exact) mass is 390 g/mol. The van der Waals surface area contributed by atoms with Crippen LogP contribution in [-0.4, -0.2) is 39.8 Å². The number of nitrogens with one attached hydrogen (secondary N) is 1. The van der Waals surface area contributed by atoms with E-state index in [-0.39, 0.29) is 5.91 Å². The molecule has 1 amide bonds. The highest BCUT2D eigenvalue weighted by Gasteiger charge is 2.25. The van der Waals surface area contributed by atoms with Crippen molar-refractivity contribution < 1.29 is 4.79 Å². The van der Waals surface area contributed by atoms with Crippen molar-refractivity contribution in [1.82, 2.24) is 15.1 Å². The molecule has 3 rings (SSSR count). The molecule has 0 saturated carbocycles. The maximum atomic E-state index is 12.5. The van der Waals surface area contributed by atoms with Crippen molar-refractivity contribution in [2.45, 2.75) is 38.5 Å². The summed E-state index contributed by atoms with van der Waals surface area (Å²) in [5, 5.41) is 12.4. The minimum atomic E-state index is 0.201. The summed E-state index contributed by atoms with van der Waals surface area (Å²) in [4.78, 5) is 14.5. The highest BCUT2D eigenvalue weighted by atomic mass is 32.2. The van der Waals surface area contributed by atoms with E-state index < -0.39 is 0 Å². The first-order chi connectivity index (χ1) is 12.4. The van der Waals surface area contributed by atoms with Gasteiger partial charge in [0.1, 0.15) is 0 Å². The van der Waals surface area contributed by atoms with Crippen molar-refractivity contribution in [2.24, 2.45) is 11.8 Å².